The molecule has 3 N–H and O–H groups in total. The van der Waals surface area contributed by atoms with E-state index in [0.29, 0.717) is 28.1 Å². The van der Waals surface area contributed by atoms with Crippen LogP contribution in [0.2, 0.25) is 0 Å². The maximum absolute atomic E-state index is 13.2. The standard InChI is InChI=1S/C22H22N4O5S/c1-30-16-8-6-14(7-9-16)12-18-20(28)26(15-4-3-5-17(13-15)31-2)22(24-18)32-11-10-19(27)25-21(23)29/h3-9,12-13H,10-11H2,1-2H3,(H3,23,25,27,29)/b18-12-. The van der Waals surface area contributed by atoms with E-state index in [1.807, 2.05) is 17.4 Å². The number of amidine groups is 1. The number of nitrogens with two attached hydrogens (primary N) is 1. The SMILES string of the molecule is COc1ccc(/C=C2\N=C(SCCC(=O)NC(N)=O)N(c3cccc(OC)c3)C2=O)cc1. The summed E-state index contributed by atoms with van der Waals surface area (Å²) in [6.07, 6.45) is 1.71. The van der Waals surface area contributed by atoms with Gasteiger partial charge in [-0.15, -0.1) is 0 Å². The van der Waals surface area contributed by atoms with E-state index in [4.69, 9.17) is 15.2 Å². The summed E-state index contributed by atoms with van der Waals surface area (Å²) >= 11 is 1.22. The number of urea groups is 1. The number of carbonyl (C=O) groups is 3. The highest BCUT2D eigenvalue weighted by Gasteiger charge is 2.32. The molecule has 9 nitrogen and oxygen atoms in total. The Balaban J connectivity index is 1.86. The monoisotopic (exact) mass is 454 g/mol. The van der Waals surface area contributed by atoms with Gasteiger partial charge in [0.2, 0.25) is 5.91 Å². The molecule has 0 aliphatic carbocycles. The van der Waals surface area contributed by atoms with Crippen molar-refractivity contribution in [3.63, 3.8) is 0 Å². The zero-order valence-corrected chi connectivity index (χ0v) is 18.3. The van der Waals surface area contributed by atoms with Crippen molar-refractivity contribution in [3.05, 3.63) is 59.8 Å². The van der Waals surface area contributed by atoms with Crippen molar-refractivity contribution in [1.29, 1.82) is 0 Å². The van der Waals surface area contributed by atoms with Gasteiger partial charge in [-0.1, -0.05) is 30.0 Å². The van der Waals surface area contributed by atoms with Crippen LogP contribution in [0.25, 0.3) is 6.08 Å². The zero-order valence-electron chi connectivity index (χ0n) is 17.5. The van der Waals surface area contributed by atoms with Crippen LogP contribution in [0.1, 0.15) is 12.0 Å². The zero-order chi connectivity index (χ0) is 23.1. The van der Waals surface area contributed by atoms with Crippen LogP contribution < -0.4 is 25.4 Å². The van der Waals surface area contributed by atoms with Gasteiger partial charge in [-0.25, -0.2) is 9.79 Å². The van der Waals surface area contributed by atoms with E-state index in [-0.39, 0.29) is 18.0 Å². The molecule has 0 bridgehead atoms. The number of rotatable bonds is 7. The third-order valence-electron chi connectivity index (χ3n) is 4.38. The Morgan fingerprint density at radius 1 is 1.12 bits per heavy atom. The number of aliphatic imine (C=N–C) groups is 1. The van der Waals surface area contributed by atoms with Crippen molar-refractivity contribution in [3.8, 4) is 11.5 Å². The number of nitrogens with one attached hydrogen (secondary N) is 1. The van der Waals surface area contributed by atoms with Gasteiger partial charge in [0.1, 0.15) is 17.2 Å². The predicted octanol–water partition coefficient (Wildman–Crippen LogP) is 2.77. The number of benzene rings is 2. The first kappa shape index (κ1) is 22.9. The summed E-state index contributed by atoms with van der Waals surface area (Å²) in [4.78, 5) is 41.7. The molecule has 1 heterocycles. The Kier molecular flexibility index (Phi) is 7.50. The summed E-state index contributed by atoms with van der Waals surface area (Å²) in [5.74, 6) is 0.779. The summed E-state index contributed by atoms with van der Waals surface area (Å²) in [5, 5.41) is 2.43. The molecule has 3 rings (SSSR count). The van der Waals surface area contributed by atoms with E-state index in [2.05, 4.69) is 4.99 Å². The maximum atomic E-state index is 13.2. The van der Waals surface area contributed by atoms with Gasteiger partial charge < -0.3 is 15.2 Å². The molecular weight excluding hydrogens is 432 g/mol. The number of anilines is 1. The summed E-state index contributed by atoms with van der Waals surface area (Å²) in [6, 6.07) is 13.4. The molecule has 0 spiro atoms. The van der Waals surface area contributed by atoms with Crippen molar-refractivity contribution >= 4 is 46.5 Å². The van der Waals surface area contributed by atoms with Crippen molar-refractivity contribution in [2.75, 3.05) is 24.9 Å². The van der Waals surface area contributed by atoms with E-state index in [1.165, 1.54) is 16.7 Å². The summed E-state index contributed by atoms with van der Waals surface area (Å²) in [5.41, 5.74) is 6.58. The quantitative estimate of drug-likeness (QED) is 0.620. The minimum atomic E-state index is -0.906. The van der Waals surface area contributed by atoms with Crippen molar-refractivity contribution in [1.82, 2.24) is 5.32 Å². The van der Waals surface area contributed by atoms with Gasteiger partial charge in [0.25, 0.3) is 5.91 Å². The maximum Gasteiger partial charge on any atom is 0.318 e. The average Bonchev–Trinajstić information content (AvgIpc) is 3.08. The van der Waals surface area contributed by atoms with Crippen molar-refractivity contribution in [2.24, 2.45) is 10.7 Å². The van der Waals surface area contributed by atoms with Crippen LogP contribution in [0, 0.1) is 0 Å². The molecule has 166 valence electrons. The topological polar surface area (TPSA) is 123 Å². The Bertz CT molecular complexity index is 1080. The number of hydrogen-bond acceptors (Lipinski definition) is 7. The number of methoxy groups -OCH3 is 2. The normalized spacial score (nSPS) is 14.3. The number of nitrogens with zero attached hydrogens (tertiary/aromatic N) is 2. The van der Waals surface area contributed by atoms with Gasteiger partial charge in [-0.2, -0.15) is 0 Å². The lowest BCUT2D eigenvalue weighted by Crippen LogP contribution is -2.35. The van der Waals surface area contributed by atoms with E-state index >= 15 is 0 Å². The van der Waals surface area contributed by atoms with E-state index < -0.39 is 11.9 Å². The highest BCUT2D eigenvalue weighted by molar-refractivity contribution is 8.14. The lowest BCUT2D eigenvalue weighted by atomic mass is 10.2. The molecule has 32 heavy (non-hydrogen) atoms. The second kappa shape index (κ2) is 10.5. The van der Waals surface area contributed by atoms with E-state index in [9.17, 15) is 14.4 Å². The summed E-state index contributed by atoms with van der Waals surface area (Å²) in [7, 11) is 3.12. The molecule has 1 aliphatic rings. The van der Waals surface area contributed by atoms with Crippen LogP contribution in [-0.4, -0.2) is 43.0 Å². The molecule has 0 saturated carbocycles. The highest BCUT2D eigenvalue weighted by atomic mass is 32.2. The van der Waals surface area contributed by atoms with Gasteiger partial charge in [0.15, 0.2) is 5.17 Å². The van der Waals surface area contributed by atoms with Crippen LogP contribution in [0.5, 0.6) is 11.5 Å². The van der Waals surface area contributed by atoms with Gasteiger partial charge in [-0.3, -0.25) is 19.8 Å². The number of amides is 4. The van der Waals surface area contributed by atoms with Crippen LogP contribution in [0.4, 0.5) is 10.5 Å². The number of hydrogen-bond donors (Lipinski definition) is 2. The third-order valence-corrected chi connectivity index (χ3v) is 5.32. The fourth-order valence-corrected chi connectivity index (χ4v) is 3.81. The second-order valence-electron chi connectivity index (χ2n) is 6.55. The first-order valence-corrected chi connectivity index (χ1v) is 10.5. The summed E-state index contributed by atoms with van der Waals surface area (Å²) in [6.45, 7) is 0. The van der Waals surface area contributed by atoms with Crippen LogP contribution in [-0.2, 0) is 9.59 Å². The Morgan fingerprint density at radius 2 is 1.84 bits per heavy atom. The van der Waals surface area contributed by atoms with Gasteiger partial charge in [-0.05, 0) is 35.9 Å². The Morgan fingerprint density at radius 3 is 2.50 bits per heavy atom. The van der Waals surface area contributed by atoms with E-state index in [1.54, 1.807) is 56.7 Å². The number of ether oxygens (including phenoxy) is 2. The molecule has 2 aromatic rings. The second-order valence-corrected chi connectivity index (χ2v) is 7.61. The fraction of sp³-hybridized carbons (Fsp3) is 0.182. The molecule has 0 radical (unpaired) electrons. The van der Waals surface area contributed by atoms with Crippen molar-refractivity contribution in [2.45, 2.75) is 6.42 Å². The van der Waals surface area contributed by atoms with Gasteiger partial charge in [0, 0.05) is 18.2 Å². The lowest BCUT2D eigenvalue weighted by Gasteiger charge is -2.18. The van der Waals surface area contributed by atoms with Crippen molar-refractivity contribution < 1.29 is 23.9 Å². The fourth-order valence-electron chi connectivity index (χ4n) is 2.86. The first-order valence-electron chi connectivity index (χ1n) is 9.56. The lowest BCUT2D eigenvalue weighted by molar-refractivity contribution is -0.119. The minimum Gasteiger partial charge on any atom is -0.497 e. The number of carbonyl (C=O) groups excluding carboxylic acids is 3. The Hall–Kier alpha value is -3.79. The largest absolute Gasteiger partial charge is 0.497 e. The summed E-state index contributed by atoms with van der Waals surface area (Å²) < 4.78 is 10.4. The molecule has 4 amide bonds. The Labute approximate surface area is 189 Å². The molecule has 0 aromatic heterocycles. The number of thioether (sulfide) groups is 1. The molecule has 1 aliphatic heterocycles. The van der Waals surface area contributed by atoms with Crippen LogP contribution in [0.15, 0.2) is 59.2 Å². The first-order chi connectivity index (χ1) is 15.4. The smallest absolute Gasteiger partial charge is 0.318 e. The van der Waals surface area contributed by atoms with E-state index in [0.717, 1.165) is 5.56 Å². The number of imide groups is 1. The van der Waals surface area contributed by atoms with Crippen LogP contribution >= 0.6 is 11.8 Å². The van der Waals surface area contributed by atoms with Crippen LogP contribution in [0.3, 0.4) is 0 Å². The minimum absolute atomic E-state index is 0.0320. The molecular formula is C22H22N4O5S. The third kappa shape index (κ3) is 5.67. The van der Waals surface area contributed by atoms with Gasteiger partial charge in [0.05, 0.1) is 19.9 Å². The molecule has 0 unspecified atom stereocenters. The average molecular weight is 455 g/mol. The van der Waals surface area contributed by atoms with Gasteiger partial charge >= 0.3 is 6.03 Å². The molecule has 0 saturated heterocycles. The predicted molar refractivity (Wildman–Crippen MR) is 124 cm³/mol. The molecule has 2 aromatic carbocycles. The molecule has 0 fully saturated rings. The molecule has 0 atom stereocenters. The number of primary amides is 1. The molecule has 10 heteroatoms. The highest BCUT2D eigenvalue weighted by Crippen LogP contribution is 2.31.